The summed E-state index contributed by atoms with van der Waals surface area (Å²) in [6, 6.07) is 23.5. The van der Waals surface area contributed by atoms with Crippen LogP contribution in [0.25, 0.3) is 11.1 Å². The molecule has 0 saturated carbocycles. The molecule has 0 radical (unpaired) electrons. The van der Waals surface area contributed by atoms with E-state index in [2.05, 4.69) is 20.6 Å². The molecule has 1 aromatic heterocycles. The summed E-state index contributed by atoms with van der Waals surface area (Å²) in [4.78, 5) is 34.4. The first kappa shape index (κ1) is 23.3. The Bertz CT molecular complexity index is 1450. The molecule has 36 heavy (non-hydrogen) atoms. The monoisotopic (exact) mass is 478 g/mol. The smallest absolute Gasteiger partial charge is 0.257 e. The first-order chi connectivity index (χ1) is 17.5. The Kier molecular flexibility index (Phi) is 6.23. The van der Waals surface area contributed by atoms with Gasteiger partial charge in [-0.2, -0.15) is 0 Å². The second-order valence-corrected chi connectivity index (χ2v) is 8.75. The van der Waals surface area contributed by atoms with Crippen LogP contribution in [0.15, 0.2) is 78.9 Å². The van der Waals surface area contributed by atoms with Crippen molar-refractivity contribution in [2.24, 2.45) is 0 Å². The molecule has 1 aliphatic heterocycles. The van der Waals surface area contributed by atoms with Crippen molar-refractivity contribution in [3.63, 3.8) is 0 Å². The number of amides is 2. The van der Waals surface area contributed by atoms with E-state index in [0.29, 0.717) is 33.8 Å². The van der Waals surface area contributed by atoms with Gasteiger partial charge in [-0.25, -0.2) is 4.98 Å². The summed E-state index contributed by atoms with van der Waals surface area (Å²) >= 11 is 0. The molecule has 7 heteroatoms. The van der Waals surface area contributed by atoms with E-state index in [9.17, 15) is 14.7 Å². The van der Waals surface area contributed by atoms with Crippen LogP contribution in [0.5, 0.6) is 0 Å². The summed E-state index contributed by atoms with van der Waals surface area (Å²) in [5.74, 6) is -0.00975. The van der Waals surface area contributed by atoms with Crippen LogP contribution in [-0.2, 0) is 4.79 Å². The lowest BCUT2D eigenvalue weighted by Gasteiger charge is -2.17. The summed E-state index contributed by atoms with van der Waals surface area (Å²) < 4.78 is 0. The number of aliphatic hydroxyl groups excluding tert-OH is 1. The summed E-state index contributed by atoms with van der Waals surface area (Å²) in [6.45, 7) is 3.62. The van der Waals surface area contributed by atoms with Crippen LogP contribution in [-0.4, -0.2) is 33.5 Å². The molecule has 2 amide bonds. The van der Waals surface area contributed by atoms with Crippen LogP contribution in [0.4, 0.5) is 5.69 Å². The second kappa shape index (κ2) is 9.64. The molecule has 0 fully saturated rings. The number of fused-ring (bicyclic) bond motifs is 1. The third-order valence-electron chi connectivity index (χ3n) is 6.39. The van der Waals surface area contributed by atoms with E-state index in [4.69, 9.17) is 0 Å². The predicted molar refractivity (Wildman–Crippen MR) is 139 cm³/mol. The number of carbonyl (C=O) groups is 2. The Morgan fingerprint density at radius 2 is 1.67 bits per heavy atom. The molecule has 0 aliphatic carbocycles. The molecule has 7 nitrogen and oxygen atoms in total. The molecule has 3 aromatic carbocycles. The molecular weight excluding hydrogens is 452 g/mol. The number of aromatic amines is 1. The molecule has 0 bridgehead atoms. The summed E-state index contributed by atoms with van der Waals surface area (Å²) in [5.41, 5.74) is 6.16. The molecule has 4 N–H and O–H groups in total. The molecule has 180 valence electrons. The molecule has 2 heterocycles. The lowest BCUT2D eigenvalue weighted by atomic mass is 9.93. The van der Waals surface area contributed by atoms with Gasteiger partial charge in [0, 0.05) is 28.1 Å². The van der Waals surface area contributed by atoms with Gasteiger partial charge in [0.25, 0.3) is 11.8 Å². The first-order valence-corrected chi connectivity index (χ1v) is 11.7. The molecule has 1 aliphatic rings. The highest BCUT2D eigenvalue weighted by atomic mass is 16.3. The fourth-order valence-electron chi connectivity index (χ4n) is 4.39. The number of imidazole rings is 1. The molecule has 4 aromatic rings. The number of aryl methyl sites for hydroxylation is 2. The second-order valence-electron chi connectivity index (χ2n) is 8.75. The lowest BCUT2D eigenvalue weighted by Crippen LogP contribution is -2.30. The first-order valence-electron chi connectivity index (χ1n) is 11.7. The number of nitrogens with zero attached hydrogens (tertiary/aromatic N) is 1. The summed E-state index contributed by atoms with van der Waals surface area (Å²) in [5, 5.41) is 15.7. The van der Waals surface area contributed by atoms with E-state index in [0.717, 1.165) is 22.5 Å². The van der Waals surface area contributed by atoms with Gasteiger partial charge in [0.05, 0.1) is 23.9 Å². The van der Waals surface area contributed by atoms with E-state index < -0.39 is 6.04 Å². The minimum Gasteiger partial charge on any atom is -0.394 e. The third-order valence-corrected chi connectivity index (χ3v) is 6.39. The lowest BCUT2D eigenvalue weighted by molar-refractivity contribution is -0.110. The average Bonchev–Trinajstić information content (AvgIpc) is 3.41. The predicted octanol–water partition coefficient (Wildman–Crippen LogP) is 4.40. The number of benzene rings is 3. The zero-order chi connectivity index (χ0) is 25.2. The van der Waals surface area contributed by atoms with Gasteiger partial charge in [0.15, 0.2) is 0 Å². The normalized spacial score (nSPS) is 14.7. The maximum atomic E-state index is 13.3. The van der Waals surface area contributed by atoms with Crippen molar-refractivity contribution in [3.05, 3.63) is 118 Å². The number of aromatic nitrogens is 2. The van der Waals surface area contributed by atoms with Gasteiger partial charge in [-0.15, -0.1) is 0 Å². The number of anilines is 1. The van der Waals surface area contributed by atoms with Gasteiger partial charge >= 0.3 is 0 Å². The number of hydrogen-bond donors (Lipinski definition) is 4. The van der Waals surface area contributed by atoms with Crippen molar-refractivity contribution < 1.29 is 14.7 Å². The van der Waals surface area contributed by atoms with E-state index in [-0.39, 0.29) is 18.4 Å². The maximum absolute atomic E-state index is 13.3. The number of hydrogen-bond acceptors (Lipinski definition) is 4. The number of aliphatic hydroxyl groups is 1. The van der Waals surface area contributed by atoms with Crippen LogP contribution < -0.4 is 10.6 Å². The van der Waals surface area contributed by atoms with Crippen molar-refractivity contribution in [2.45, 2.75) is 19.9 Å². The highest BCUT2D eigenvalue weighted by Crippen LogP contribution is 2.40. The van der Waals surface area contributed by atoms with E-state index in [1.54, 1.807) is 18.2 Å². The van der Waals surface area contributed by atoms with Crippen LogP contribution in [0, 0.1) is 13.8 Å². The van der Waals surface area contributed by atoms with Crippen LogP contribution >= 0.6 is 0 Å². The fraction of sp³-hybridized carbons (Fsp3) is 0.138. The van der Waals surface area contributed by atoms with E-state index in [1.807, 2.05) is 74.5 Å². The maximum Gasteiger partial charge on any atom is 0.257 e. The number of rotatable bonds is 6. The molecular formula is C29H26N4O3. The fourth-order valence-corrected chi connectivity index (χ4v) is 4.39. The summed E-state index contributed by atoms with van der Waals surface area (Å²) in [6.07, 6.45) is 0. The molecule has 0 spiro atoms. The highest BCUT2D eigenvalue weighted by molar-refractivity contribution is 6.38. The van der Waals surface area contributed by atoms with Crippen molar-refractivity contribution in [1.29, 1.82) is 0 Å². The van der Waals surface area contributed by atoms with Crippen LogP contribution in [0.3, 0.4) is 0 Å². The SMILES string of the molecule is Cc1nc(/C(=C2\C(=O)Nc3ccc(C(=O)N[C@H](CO)c4ccccc4)cc32)c2ccccc2)[nH]c1C. The van der Waals surface area contributed by atoms with Gasteiger partial charge in [0.2, 0.25) is 0 Å². The number of H-pyrrole nitrogens is 1. The van der Waals surface area contributed by atoms with Crippen molar-refractivity contribution in [1.82, 2.24) is 15.3 Å². The van der Waals surface area contributed by atoms with Crippen LogP contribution in [0.2, 0.25) is 0 Å². The number of carbonyl (C=O) groups excluding carboxylic acids is 2. The van der Waals surface area contributed by atoms with Crippen molar-refractivity contribution in [3.8, 4) is 0 Å². The van der Waals surface area contributed by atoms with Gasteiger partial charge in [-0.05, 0) is 43.2 Å². The molecule has 5 rings (SSSR count). The molecule has 1 atom stereocenters. The topological polar surface area (TPSA) is 107 Å². The summed E-state index contributed by atoms with van der Waals surface area (Å²) in [7, 11) is 0. The molecule has 0 unspecified atom stereocenters. The Balaban J connectivity index is 1.59. The van der Waals surface area contributed by atoms with Gasteiger partial charge < -0.3 is 20.7 Å². The van der Waals surface area contributed by atoms with Crippen LogP contribution in [0.1, 0.15) is 50.3 Å². The minimum atomic E-state index is -0.546. The average molecular weight is 479 g/mol. The Morgan fingerprint density at radius 1 is 0.972 bits per heavy atom. The number of nitrogens with one attached hydrogen (secondary N) is 3. The van der Waals surface area contributed by atoms with Gasteiger partial charge in [-0.1, -0.05) is 60.7 Å². The largest absolute Gasteiger partial charge is 0.394 e. The standard InChI is InChI=1S/C29H26N4O3/c1-17-18(2)31-27(30-17)25(20-11-7-4-8-12-20)26-22-15-21(13-14-23(22)32-29(26)36)28(35)33-24(16-34)19-9-5-3-6-10-19/h3-15,24,34H,16H2,1-2H3,(H,30,31)(H,32,36)(H,33,35)/b26-25-/t24-/m1/s1. The van der Waals surface area contributed by atoms with E-state index >= 15 is 0 Å². The van der Waals surface area contributed by atoms with Gasteiger partial charge in [0.1, 0.15) is 5.82 Å². The van der Waals surface area contributed by atoms with Crippen molar-refractivity contribution >= 4 is 28.6 Å². The Labute approximate surface area is 208 Å². The van der Waals surface area contributed by atoms with E-state index in [1.165, 1.54) is 0 Å². The highest BCUT2D eigenvalue weighted by Gasteiger charge is 2.31. The zero-order valence-corrected chi connectivity index (χ0v) is 20.0. The quantitative estimate of drug-likeness (QED) is 0.308. The van der Waals surface area contributed by atoms with Gasteiger partial charge in [-0.3, -0.25) is 9.59 Å². The zero-order valence-electron chi connectivity index (χ0n) is 20.0. The van der Waals surface area contributed by atoms with Crippen molar-refractivity contribution in [2.75, 3.05) is 11.9 Å². The minimum absolute atomic E-state index is 0.235. The Morgan fingerprint density at radius 3 is 2.31 bits per heavy atom. The molecule has 0 saturated heterocycles. The Hall–Kier alpha value is -4.49. The third kappa shape index (κ3) is 4.32.